The van der Waals surface area contributed by atoms with Gasteiger partial charge in [-0.15, -0.1) is 0 Å². The molecule has 0 atom stereocenters. The lowest BCUT2D eigenvalue weighted by Crippen LogP contribution is -2.36. The number of hydrogen-bond donors (Lipinski definition) is 0. The Bertz CT molecular complexity index is 998. The average Bonchev–Trinajstić information content (AvgIpc) is 3.13. The third kappa shape index (κ3) is 3.42. The van der Waals surface area contributed by atoms with Crippen LogP contribution in [0.1, 0.15) is 16.1 Å². The molecule has 140 valence electrons. The number of halogens is 1. The van der Waals surface area contributed by atoms with Gasteiger partial charge >= 0.3 is 0 Å². The molecule has 4 rings (SSSR count). The molecule has 0 aliphatic carbocycles. The zero-order valence-electron chi connectivity index (χ0n) is 15.1. The fourth-order valence-corrected chi connectivity index (χ4v) is 3.51. The van der Waals surface area contributed by atoms with Crippen LogP contribution in [0.25, 0.3) is 11.1 Å². The van der Waals surface area contributed by atoms with Crippen molar-refractivity contribution in [1.82, 2.24) is 9.97 Å². The van der Waals surface area contributed by atoms with Crippen molar-refractivity contribution in [1.29, 1.82) is 0 Å². The first-order valence-electron chi connectivity index (χ1n) is 8.68. The number of carbonyl (C=O) groups excluding carboxylic acids is 1. The summed E-state index contributed by atoms with van der Waals surface area (Å²) in [7, 11) is 1.73. The number of aromatic nitrogens is 2. The number of fused-ring (bicyclic) bond motifs is 1. The Kier molecular flexibility index (Phi) is 4.84. The lowest BCUT2D eigenvalue weighted by atomic mass is 10.1. The fourth-order valence-electron chi connectivity index (χ4n) is 3.16. The summed E-state index contributed by atoms with van der Waals surface area (Å²) in [4.78, 5) is 25.3. The maximum atomic E-state index is 12.8. The molecular weight excluding hydrogens is 412 g/mol. The summed E-state index contributed by atoms with van der Waals surface area (Å²) in [6.45, 7) is 4.78. The minimum atomic E-state index is -0.188. The summed E-state index contributed by atoms with van der Waals surface area (Å²) >= 11 is 3.30. The molecule has 3 heterocycles. The number of morpholine rings is 1. The van der Waals surface area contributed by atoms with Gasteiger partial charge in [-0.05, 0) is 47.1 Å². The van der Waals surface area contributed by atoms with Gasteiger partial charge in [0.15, 0.2) is 5.58 Å². The Labute approximate surface area is 165 Å². The quantitative estimate of drug-likeness (QED) is 0.592. The smallest absolute Gasteiger partial charge is 0.298 e. The normalized spacial score (nSPS) is 14.6. The van der Waals surface area contributed by atoms with Gasteiger partial charge in [-0.25, -0.2) is 4.98 Å². The molecule has 1 aromatic carbocycles. The second-order valence-corrected chi connectivity index (χ2v) is 7.18. The predicted octanol–water partition coefficient (Wildman–Crippen LogP) is 3.41. The van der Waals surface area contributed by atoms with Gasteiger partial charge in [0.05, 0.1) is 18.9 Å². The Hall–Kier alpha value is -2.45. The number of aryl methyl sites for hydroxylation is 1. The molecule has 3 aromatic rings. The monoisotopic (exact) mass is 430 g/mol. The van der Waals surface area contributed by atoms with Gasteiger partial charge in [-0.1, -0.05) is 6.07 Å². The van der Waals surface area contributed by atoms with Gasteiger partial charge in [0.2, 0.25) is 0 Å². The average molecular weight is 431 g/mol. The van der Waals surface area contributed by atoms with E-state index in [1.165, 1.54) is 0 Å². The third-order valence-corrected chi connectivity index (χ3v) is 5.09. The van der Waals surface area contributed by atoms with E-state index in [-0.39, 0.29) is 5.91 Å². The molecule has 2 aromatic heterocycles. The largest absolute Gasteiger partial charge is 0.423 e. The molecule has 1 amide bonds. The lowest BCUT2D eigenvalue weighted by molar-refractivity contribution is 0.0988. The lowest BCUT2D eigenvalue weighted by Gasteiger charge is -2.24. The molecule has 8 heteroatoms. The Balaban J connectivity index is 1.67. The van der Waals surface area contributed by atoms with Crippen LogP contribution in [0.5, 0.6) is 0 Å². The van der Waals surface area contributed by atoms with Crippen molar-refractivity contribution in [3.8, 4) is 0 Å². The number of amides is 1. The number of oxazole rings is 1. The van der Waals surface area contributed by atoms with E-state index in [2.05, 4.69) is 30.8 Å². The van der Waals surface area contributed by atoms with Crippen LogP contribution in [0.15, 0.2) is 39.4 Å². The summed E-state index contributed by atoms with van der Waals surface area (Å²) in [6.07, 6.45) is 0. The number of anilines is 2. The van der Waals surface area contributed by atoms with Crippen molar-refractivity contribution in [3.05, 3.63) is 46.2 Å². The standard InChI is InChI=1S/C19H19BrN4O3/c1-12-15(23(2)18(25)14-4-3-5-16(20)21-14)7-6-13-17(12)27-19(22-13)24-8-10-26-11-9-24/h3-7H,8-11H2,1-2H3. The molecule has 0 saturated carbocycles. The summed E-state index contributed by atoms with van der Waals surface area (Å²) in [5, 5.41) is 0. The van der Waals surface area contributed by atoms with Crippen molar-refractivity contribution < 1.29 is 13.9 Å². The van der Waals surface area contributed by atoms with Gasteiger partial charge in [-0.2, -0.15) is 4.98 Å². The van der Waals surface area contributed by atoms with E-state index in [4.69, 9.17) is 9.15 Å². The highest BCUT2D eigenvalue weighted by Gasteiger charge is 2.22. The summed E-state index contributed by atoms with van der Waals surface area (Å²) < 4.78 is 12.0. The number of hydrogen-bond acceptors (Lipinski definition) is 6. The zero-order chi connectivity index (χ0) is 19.0. The van der Waals surface area contributed by atoms with Crippen molar-refractivity contribution in [2.24, 2.45) is 0 Å². The molecule has 7 nitrogen and oxygen atoms in total. The van der Waals surface area contributed by atoms with Gasteiger partial charge in [0, 0.05) is 25.7 Å². The Morgan fingerprint density at radius 3 is 2.70 bits per heavy atom. The van der Waals surface area contributed by atoms with E-state index in [1.54, 1.807) is 30.1 Å². The molecular formula is C19H19BrN4O3. The number of ether oxygens (including phenoxy) is 1. The molecule has 1 aliphatic heterocycles. The van der Waals surface area contributed by atoms with E-state index < -0.39 is 0 Å². The minimum Gasteiger partial charge on any atom is -0.423 e. The van der Waals surface area contributed by atoms with Crippen LogP contribution in [0.4, 0.5) is 11.7 Å². The van der Waals surface area contributed by atoms with E-state index in [0.717, 1.165) is 29.9 Å². The molecule has 27 heavy (non-hydrogen) atoms. The number of nitrogens with zero attached hydrogens (tertiary/aromatic N) is 4. The Morgan fingerprint density at radius 1 is 1.19 bits per heavy atom. The topological polar surface area (TPSA) is 71.7 Å². The highest BCUT2D eigenvalue weighted by molar-refractivity contribution is 9.10. The van der Waals surface area contributed by atoms with Gasteiger partial charge in [0.1, 0.15) is 15.8 Å². The fraction of sp³-hybridized carbons (Fsp3) is 0.316. The summed E-state index contributed by atoms with van der Waals surface area (Å²) in [5.74, 6) is -0.188. The van der Waals surface area contributed by atoms with Crippen LogP contribution < -0.4 is 9.80 Å². The molecule has 0 unspecified atom stereocenters. The van der Waals surface area contributed by atoms with Crippen molar-refractivity contribution in [2.75, 3.05) is 43.2 Å². The van der Waals surface area contributed by atoms with Gasteiger partial charge < -0.3 is 19.0 Å². The predicted molar refractivity (Wildman–Crippen MR) is 106 cm³/mol. The number of pyridine rings is 1. The van der Waals surface area contributed by atoms with Crippen LogP contribution in [0, 0.1) is 6.92 Å². The van der Waals surface area contributed by atoms with E-state index in [9.17, 15) is 4.79 Å². The third-order valence-electron chi connectivity index (χ3n) is 4.65. The van der Waals surface area contributed by atoms with E-state index >= 15 is 0 Å². The zero-order valence-corrected chi connectivity index (χ0v) is 16.7. The second-order valence-electron chi connectivity index (χ2n) is 6.36. The Morgan fingerprint density at radius 2 is 1.96 bits per heavy atom. The van der Waals surface area contributed by atoms with Gasteiger partial charge in [-0.3, -0.25) is 4.79 Å². The van der Waals surface area contributed by atoms with Crippen LogP contribution in [-0.4, -0.2) is 49.2 Å². The first-order valence-corrected chi connectivity index (χ1v) is 9.47. The molecule has 0 N–H and O–H groups in total. The van der Waals surface area contributed by atoms with E-state index in [1.807, 2.05) is 19.1 Å². The highest BCUT2D eigenvalue weighted by atomic mass is 79.9. The molecule has 0 bridgehead atoms. The number of rotatable bonds is 3. The number of carbonyl (C=O) groups is 1. The molecule has 1 saturated heterocycles. The van der Waals surface area contributed by atoms with Crippen LogP contribution >= 0.6 is 15.9 Å². The molecule has 0 radical (unpaired) electrons. The summed E-state index contributed by atoms with van der Waals surface area (Å²) in [6, 6.07) is 9.64. The molecule has 1 aliphatic rings. The van der Waals surface area contributed by atoms with Crippen molar-refractivity contribution >= 4 is 44.6 Å². The van der Waals surface area contributed by atoms with Crippen LogP contribution in [0.3, 0.4) is 0 Å². The first-order chi connectivity index (χ1) is 13.0. The highest BCUT2D eigenvalue weighted by Crippen LogP contribution is 2.31. The van der Waals surface area contributed by atoms with E-state index in [0.29, 0.717) is 35.1 Å². The second kappa shape index (κ2) is 7.28. The SMILES string of the molecule is Cc1c(N(C)C(=O)c2cccc(Br)n2)ccc2nc(N3CCOCC3)oc12. The maximum absolute atomic E-state index is 12.8. The summed E-state index contributed by atoms with van der Waals surface area (Å²) in [5.41, 5.74) is 3.47. The molecule has 0 spiro atoms. The minimum absolute atomic E-state index is 0.188. The maximum Gasteiger partial charge on any atom is 0.298 e. The van der Waals surface area contributed by atoms with Crippen molar-refractivity contribution in [3.63, 3.8) is 0 Å². The van der Waals surface area contributed by atoms with Gasteiger partial charge in [0.25, 0.3) is 11.9 Å². The van der Waals surface area contributed by atoms with Crippen molar-refractivity contribution in [2.45, 2.75) is 6.92 Å². The molecule has 1 fully saturated rings. The van der Waals surface area contributed by atoms with Crippen LogP contribution in [-0.2, 0) is 4.74 Å². The van der Waals surface area contributed by atoms with Crippen LogP contribution in [0.2, 0.25) is 0 Å². The first kappa shape index (κ1) is 17.9. The number of benzene rings is 1.